The van der Waals surface area contributed by atoms with Gasteiger partial charge in [-0.2, -0.15) is 0 Å². The Morgan fingerprint density at radius 3 is 2.85 bits per heavy atom. The predicted molar refractivity (Wildman–Crippen MR) is 132 cm³/mol. The number of thioether (sulfide) groups is 1. The second-order valence-corrected chi connectivity index (χ2v) is 9.28. The molecule has 0 saturated carbocycles. The van der Waals surface area contributed by atoms with Gasteiger partial charge < -0.3 is 14.8 Å². The number of pyridine rings is 1. The van der Waals surface area contributed by atoms with Crippen LogP contribution in [0, 0.1) is 6.92 Å². The van der Waals surface area contributed by atoms with Gasteiger partial charge in [-0.3, -0.25) is 18.9 Å². The minimum atomic E-state index is -0.251. The highest BCUT2D eigenvalue weighted by Crippen LogP contribution is 2.36. The van der Waals surface area contributed by atoms with Crippen LogP contribution in [-0.4, -0.2) is 37.8 Å². The average molecular weight is 481 g/mol. The van der Waals surface area contributed by atoms with Gasteiger partial charge in [0, 0.05) is 12.7 Å². The molecule has 0 unspecified atom stereocenters. The molecule has 0 bridgehead atoms. The number of aryl methyl sites for hydroxylation is 1. The van der Waals surface area contributed by atoms with Gasteiger partial charge in [0.1, 0.15) is 15.8 Å². The minimum absolute atomic E-state index is 0.186. The monoisotopic (exact) mass is 480 g/mol. The summed E-state index contributed by atoms with van der Waals surface area (Å²) in [5, 5.41) is 3.14. The molecule has 2 aromatic heterocycles. The van der Waals surface area contributed by atoms with Crippen molar-refractivity contribution in [2.75, 3.05) is 18.7 Å². The number of anilines is 1. The fourth-order valence-electron chi connectivity index (χ4n) is 3.68. The molecule has 5 rings (SSSR count). The normalized spacial score (nSPS) is 16.3. The first-order valence-corrected chi connectivity index (χ1v) is 11.6. The van der Waals surface area contributed by atoms with Gasteiger partial charge >= 0.3 is 0 Å². The Kier molecular flexibility index (Phi) is 5.55. The summed E-state index contributed by atoms with van der Waals surface area (Å²) < 4.78 is 12.7. The summed E-state index contributed by atoms with van der Waals surface area (Å²) in [7, 11) is 0. The number of carbonyl (C=O) groups excluding carboxylic acids is 1. The molecule has 8 nitrogen and oxygen atoms in total. The van der Waals surface area contributed by atoms with Crippen LogP contribution in [0.1, 0.15) is 23.6 Å². The maximum Gasteiger partial charge on any atom is 0.267 e. The van der Waals surface area contributed by atoms with Crippen LogP contribution in [0.25, 0.3) is 11.7 Å². The number of rotatable bonds is 5. The number of thiocarbonyl (C=S) groups is 1. The van der Waals surface area contributed by atoms with Crippen LogP contribution < -0.4 is 20.3 Å². The second-order valence-electron chi connectivity index (χ2n) is 7.60. The molecule has 2 aliphatic rings. The number of benzene rings is 1. The third-order valence-corrected chi connectivity index (χ3v) is 6.65. The van der Waals surface area contributed by atoms with Gasteiger partial charge in [0.2, 0.25) is 6.79 Å². The van der Waals surface area contributed by atoms with Gasteiger partial charge in [-0.05, 0) is 49.2 Å². The Labute approximate surface area is 199 Å². The zero-order chi connectivity index (χ0) is 23.1. The van der Waals surface area contributed by atoms with E-state index in [1.54, 1.807) is 18.3 Å². The van der Waals surface area contributed by atoms with Gasteiger partial charge in [0.25, 0.3) is 11.5 Å². The van der Waals surface area contributed by atoms with Crippen LogP contribution in [0.15, 0.2) is 46.2 Å². The number of aromatic nitrogens is 2. The van der Waals surface area contributed by atoms with Crippen LogP contribution >= 0.6 is 24.0 Å². The maximum atomic E-state index is 13.3. The van der Waals surface area contributed by atoms with Gasteiger partial charge in [0.15, 0.2) is 11.5 Å². The molecule has 2 aliphatic heterocycles. The Balaban J connectivity index is 1.50. The lowest BCUT2D eigenvalue weighted by Gasteiger charge is -2.14. The van der Waals surface area contributed by atoms with Crippen LogP contribution in [0.5, 0.6) is 11.5 Å². The number of ether oxygens (including phenoxy) is 2. The molecule has 1 aromatic carbocycles. The van der Waals surface area contributed by atoms with Crippen molar-refractivity contribution in [3.05, 3.63) is 68.5 Å². The van der Waals surface area contributed by atoms with E-state index < -0.39 is 0 Å². The van der Waals surface area contributed by atoms with Crippen LogP contribution in [0.3, 0.4) is 0 Å². The smallest absolute Gasteiger partial charge is 0.267 e. The first-order chi connectivity index (χ1) is 15.9. The molecule has 0 atom stereocenters. The number of carbonyl (C=O) groups is 1. The highest BCUT2D eigenvalue weighted by molar-refractivity contribution is 8.26. The molecule has 0 aliphatic carbocycles. The van der Waals surface area contributed by atoms with E-state index in [1.807, 2.05) is 38.1 Å². The van der Waals surface area contributed by atoms with Gasteiger partial charge in [0.05, 0.1) is 17.0 Å². The molecule has 1 N–H and O–H groups in total. The van der Waals surface area contributed by atoms with E-state index in [9.17, 15) is 9.59 Å². The Hall–Kier alpha value is -3.37. The van der Waals surface area contributed by atoms with Gasteiger partial charge in [-0.1, -0.05) is 36.1 Å². The molecule has 1 saturated heterocycles. The van der Waals surface area contributed by atoms with Gasteiger partial charge in [-0.25, -0.2) is 4.98 Å². The number of hydrogen-bond donors (Lipinski definition) is 1. The molecule has 10 heteroatoms. The molecule has 1 amide bonds. The summed E-state index contributed by atoms with van der Waals surface area (Å²) in [6.45, 7) is 4.90. The largest absolute Gasteiger partial charge is 0.454 e. The van der Waals surface area contributed by atoms with Crippen molar-refractivity contribution < 1.29 is 14.3 Å². The second kappa shape index (κ2) is 8.53. The number of hydrogen-bond acceptors (Lipinski definition) is 8. The number of fused-ring (bicyclic) bond motifs is 2. The van der Waals surface area contributed by atoms with Gasteiger partial charge in [-0.15, -0.1) is 0 Å². The maximum absolute atomic E-state index is 13.3. The third-order valence-electron chi connectivity index (χ3n) is 5.28. The highest BCUT2D eigenvalue weighted by atomic mass is 32.2. The molecular weight excluding hydrogens is 460 g/mol. The summed E-state index contributed by atoms with van der Waals surface area (Å²) in [5.41, 5.74) is 2.41. The lowest BCUT2D eigenvalue weighted by atomic mass is 10.2. The summed E-state index contributed by atoms with van der Waals surface area (Å²) in [6, 6.07) is 9.24. The number of amides is 1. The lowest BCUT2D eigenvalue weighted by Crippen LogP contribution is -2.27. The van der Waals surface area contributed by atoms with Crippen molar-refractivity contribution in [2.45, 2.75) is 20.4 Å². The molecule has 0 radical (unpaired) electrons. The first kappa shape index (κ1) is 21.5. The van der Waals surface area contributed by atoms with E-state index in [4.69, 9.17) is 21.7 Å². The minimum Gasteiger partial charge on any atom is -0.454 e. The van der Waals surface area contributed by atoms with Crippen LogP contribution in [0.4, 0.5) is 5.82 Å². The summed E-state index contributed by atoms with van der Waals surface area (Å²) in [6.07, 6.45) is 3.32. The Morgan fingerprint density at radius 2 is 2.03 bits per heavy atom. The standard InChI is InChI=1S/C23H20N4O4S2/c1-3-24-20-15(21(28)26-10-13(2)4-7-19(26)25-20)9-18-22(29)27(23(32)33-18)11-14-5-6-16-17(8-14)31-12-30-16/h4-10,24H,3,11-12H2,1-2H3/b18-9-. The third kappa shape index (κ3) is 3.96. The topological polar surface area (TPSA) is 85.2 Å². The molecule has 1 fully saturated rings. The number of nitrogens with zero attached hydrogens (tertiary/aromatic N) is 3. The SMILES string of the molecule is CCNc1nc2ccc(C)cn2c(=O)c1/C=C1\SC(=S)N(Cc2ccc3c(c2)OCO3)C1=O. The van der Waals surface area contributed by atoms with E-state index >= 15 is 0 Å². The van der Waals surface area contributed by atoms with Crippen molar-refractivity contribution in [1.82, 2.24) is 14.3 Å². The zero-order valence-corrected chi connectivity index (χ0v) is 19.6. The van der Waals surface area contributed by atoms with Crippen molar-refractivity contribution in [3.63, 3.8) is 0 Å². The zero-order valence-electron chi connectivity index (χ0n) is 18.0. The summed E-state index contributed by atoms with van der Waals surface area (Å²) >= 11 is 6.65. The Morgan fingerprint density at radius 1 is 1.21 bits per heavy atom. The van der Waals surface area contributed by atoms with E-state index in [2.05, 4.69) is 10.3 Å². The molecule has 4 heterocycles. The summed E-state index contributed by atoms with van der Waals surface area (Å²) in [5.74, 6) is 1.51. The highest BCUT2D eigenvalue weighted by Gasteiger charge is 2.33. The number of nitrogens with one attached hydrogen (secondary N) is 1. The molecule has 0 spiro atoms. The quantitative estimate of drug-likeness (QED) is 0.438. The summed E-state index contributed by atoms with van der Waals surface area (Å²) in [4.78, 5) is 33.0. The van der Waals surface area contributed by atoms with Crippen molar-refractivity contribution >= 4 is 51.7 Å². The van der Waals surface area contributed by atoms with E-state index in [1.165, 1.54) is 21.1 Å². The van der Waals surface area contributed by atoms with Crippen molar-refractivity contribution in [3.8, 4) is 11.5 Å². The van der Waals surface area contributed by atoms with Crippen molar-refractivity contribution in [2.24, 2.45) is 0 Å². The Bertz CT molecular complexity index is 1400. The lowest BCUT2D eigenvalue weighted by molar-refractivity contribution is -0.122. The van der Waals surface area contributed by atoms with Crippen molar-refractivity contribution in [1.29, 1.82) is 0 Å². The fourth-order valence-corrected chi connectivity index (χ4v) is 4.92. The molecule has 33 heavy (non-hydrogen) atoms. The van der Waals surface area contributed by atoms with E-state index in [-0.39, 0.29) is 18.3 Å². The van der Waals surface area contributed by atoms with Crippen LogP contribution in [-0.2, 0) is 11.3 Å². The molecule has 3 aromatic rings. The average Bonchev–Trinajstić information content (AvgIpc) is 3.36. The predicted octanol–water partition coefficient (Wildman–Crippen LogP) is 3.56. The molecule has 168 valence electrons. The molecular formula is C23H20N4O4S2. The first-order valence-electron chi connectivity index (χ1n) is 10.4. The fraction of sp³-hybridized carbons (Fsp3) is 0.217. The van der Waals surface area contributed by atoms with E-state index in [0.29, 0.717) is 50.8 Å². The van der Waals surface area contributed by atoms with Crippen LogP contribution in [0.2, 0.25) is 0 Å². The van der Waals surface area contributed by atoms with E-state index in [0.717, 1.165) is 11.1 Å².